The molecule has 0 atom stereocenters. The van der Waals surface area contributed by atoms with Crippen LogP contribution in [0.15, 0.2) is 30.6 Å². The fourth-order valence-electron chi connectivity index (χ4n) is 1.63. The van der Waals surface area contributed by atoms with Crippen LogP contribution in [0.5, 0.6) is 0 Å². The maximum absolute atomic E-state index is 4.53. The molecular weight excluding hydrogens is 186 g/mol. The Bertz CT molecular complexity index is 386. The number of imidazole rings is 1. The van der Waals surface area contributed by atoms with Crippen LogP contribution in [0.4, 0.5) is 0 Å². The van der Waals surface area contributed by atoms with Gasteiger partial charge in [0.25, 0.3) is 0 Å². The van der Waals surface area contributed by atoms with Gasteiger partial charge in [-0.15, -0.1) is 0 Å². The lowest BCUT2D eigenvalue weighted by molar-refractivity contribution is 0.667. The van der Waals surface area contributed by atoms with Gasteiger partial charge in [0.2, 0.25) is 0 Å². The van der Waals surface area contributed by atoms with Crippen LogP contribution in [0.1, 0.15) is 19.0 Å². The summed E-state index contributed by atoms with van der Waals surface area (Å²) in [6.45, 7) is 4.28. The molecule has 3 heteroatoms. The molecule has 2 rings (SSSR count). The molecule has 0 saturated heterocycles. The molecule has 2 aromatic rings. The first-order valence-electron chi connectivity index (χ1n) is 5.53. The third kappa shape index (κ3) is 2.57. The van der Waals surface area contributed by atoms with Gasteiger partial charge in [0, 0.05) is 25.4 Å². The minimum absolute atomic E-state index is 1.00. The molecule has 0 aliphatic rings. The van der Waals surface area contributed by atoms with Crippen LogP contribution in [0.2, 0.25) is 0 Å². The summed E-state index contributed by atoms with van der Waals surface area (Å²) in [5.74, 6) is 0. The number of nitrogens with one attached hydrogen (secondary N) is 1. The summed E-state index contributed by atoms with van der Waals surface area (Å²) in [6, 6.07) is 6.07. The number of pyridine rings is 1. The second kappa shape index (κ2) is 4.94. The monoisotopic (exact) mass is 203 g/mol. The van der Waals surface area contributed by atoms with Crippen molar-refractivity contribution in [2.75, 3.05) is 13.1 Å². The van der Waals surface area contributed by atoms with Crippen LogP contribution in [0.3, 0.4) is 0 Å². The van der Waals surface area contributed by atoms with E-state index >= 15 is 0 Å². The van der Waals surface area contributed by atoms with E-state index in [2.05, 4.69) is 27.8 Å². The van der Waals surface area contributed by atoms with Crippen molar-refractivity contribution >= 4 is 5.65 Å². The standard InChI is InChI=1S/C12H17N3/c1-2-7-13-8-6-11-10-15-9-4-3-5-12(15)14-11/h3-5,9-10,13H,2,6-8H2,1H3. The second-order valence-electron chi connectivity index (χ2n) is 3.70. The molecule has 15 heavy (non-hydrogen) atoms. The Morgan fingerprint density at radius 2 is 2.27 bits per heavy atom. The SMILES string of the molecule is CCCNCCc1cn2ccccc2n1. The summed E-state index contributed by atoms with van der Waals surface area (Å²) < 4.78 is 2.06. The lowest BCUT2D eigenvalue weighted by atomic mass is 10.3. The summed E-state index contributed by atoms with van der Waals surface area (Å²) in [7, 11) is 0. The van der Waals surface area contributed by atoms with E-state index in [0.717, 1.165) is 30.9 Å². The fraction of sp³-hybridized carbons (Fsp3) is 0.417. The van der Waals surface area contributed by atoms with Crippen LogP contribution in [-0.2, 0) is 6.42 Å². The Kier molecular flexibility index (Phi) is 3.35. The highest BCUT2D eigenvalue weighted by molar-refractivity contribution is 5.39. The normalized spacial score (nSPS) is 11.0. The summed E-state index contributed by atoms with van der Waals surface area (Å²) in [5, 5.41) is 3.38. The molecule has 0 radical (unpaired) electrons. The molecule has 0 bridgehead atoms. The molecule has 1 N–H and O–H groups in total. The predicted octanol–water partition coefficient (Wildman–Crippen LogP) is 1.88. The molecule has 0 aliphatic heterocycles. The van der Waals surface area contributed by atoms with Crippen LogP contribution in [-0.4, -0.2) is 22.5 Å². The lowest BCUT2D eigenvalue weighted by Gasteiger charge is -1.99. The highest BCUT2D eigenvalue weighted by Crippen LogP contribution is 2.04. The molecule has 2 aromatic heterocycles. The van der Waals surface area contributed by atoms with E-state index in [4.69, 9.17) is 0 Å². The van der Waals surface area contributed by atoms with Gasteiger partial charge < -0.3 is 9.72 Å². The van der Waals surface area contributed by atoms with Gasteiger partial charge in [0.05, 0.1) is 5.69 Å². The van der Waals surface area contributed by atoms with E-state index in [1.807, 2.05) is 24.4 Å². The first-order chi connectivity index (χ1) is 7.40. The van der Waals surface area contributed by atoms with Gasteiger partial charge in [-0.25, -0.2) is 4.98 Å². The first kappa shape index (κ1) is 10.2. The smallest absolute Gasteiger partial charge is 0.136 e. The number of hydrogen-bond donors (Lipinski definition) is 1. The molecule has 0 aromatic carbocycles. The van der Waals surface area contributed by atoms with Gasteiger partial charge in [0.1, 0.15) is 5.65 Å². The molecule has 0 unspecified atom stereocenters. The summed E-state index contributed by atoms with van der Waals surface area (Å²) >= 11 is 0. The Balaban J connectivity index is 1.97. The molecule has 80 valence electrons. The number of hydrogen-bond acceptors (Lipinski definition) is 2. The van der Waals surface area contributed by atoms with Gasteiger partial charge >= 0.3 is 0 Å². The summed E-state index contributed by atoms with van der Waals surface area (Å²) in [5.41, 5.74) is 2.19. The van der Waals surface area contributed by atoms with Crippen molar-refractivity contribution in [2.24, 2.45) is 0 Å². The summed E-state index contributed by atoms with van der Waals surface area (Å²) in [4.78, 5) is 4.53. The highest BCUT2D eigenvalue weighted by Gasteiger charge is 1.99. The van der Waals surface area contributed by atoms with Crippen molar-refractivity contribution < 1.29 is 0 Å². The molecule has 3 nitrogen and oxygen atoms in total. The van der Waals surface area contributed by atoms with E-state index in [1.165, 1.54) is 6.42 Å². The minimum atomic E-state index is 1.00. The molecule has 0 spiro atoms. The maximum atomic E-state index is 4.53. The van der Waals surface area contributed by atoms with Crippen LogP contribution in [0.25, 0.3) is 5.65 Å². The van der Waals surface area contributed by atoms with Crippen molar-refractivity contribution in [3.05, 3.63) is 36.3 Å². The Morgan fingerprint density at radius 3 is 3.07 bits per heavy atom. The molecule has 2 heterocycles. The van der Waals surface area contributed by atoms with Crippen LogP contribution >= 0.6 is 0 Å². The zero-order chi connectivity index (χ0) is 10.5. The number of nitrogens with zero attached hydrogens (tertiary/aromatic N) is 2. The first-order valence-corrected chi connectivity index (χ1v) is 5.53. The van der Waals surface area contributed by atoms with Gasteiger partial charge in [0.15, 0.2) is 0 Å². The molecule has 0 amide bonds. The van der Waals surface area contributed by atoms with E-state index in [9.17, 15) is 0 Å². The number of fused-ring (bicyclic) bond motifs is 1. The van der Waals surface area contributed by atoms with Crippen molar-refractivity contribution in [3.8, 4) is 0 Å². The Hall–Kier alpha value is -1.35. The Labute approximate surface area is 90.1 Å². The van der Waals surface area contributed by atoms with Crippen LogP contribution in [0, 0.1) is 0 Å². The second-order valence-corrected chi connectivity index (χ2v) is 3.70. The molecular formula is C12H17N3. The number of aromatic nitrogens is 2. The zero-order valence-electron chi connectivity index (χ0n) is 9.11. The van der Waals surface area contributed by atoms with Crippen LogP contribution < -0.4 is 5.32 Å². The van der Waals surface area contributed by atoms with Gasteiger partial charge in [-0.2, -0.15) is 0 Å². The van der Waals surface area contributed by atoms with E-state index in [1.54, 1.807) is 0 Å². The lowest BCUT2D eigenvalue weighted by Crippen LogP contribution is -2.17. The van der Waals surface area contributed by atoms with Crippen molar-refractivity contribution in [1.29, 1.82) is 0 Å². The third-order valence-electron chi connectivity index (χ3n) is 2.40. The van der Waals surface area contributed by atoms with Crippen molar-refractivity contribution in [2.45, 2.75) is 19.8 Å². The third-order valence-corrected chi connectivity index (χ3v) is 2.40. The summed E-state index contributed by atoms with van der Waals surface area (Å²) in [6.07, 6.45) is 6.32. The van der Waals surface area contributed by atoms with E-state index in [-0.39, 0.29) is 0 Å². The van der Waals surface area contributed by atoms with Crippen molar-refractivity contribution in [3.63, 3.8) is 0 Å². The topological polar surface area (TPSA) is 29.3 Å². The quantitative estimate of drug-likeness (QED) is 0.752. The Morgan fingerprint density at radius 1 is 1.33 bits per heavy atom. The van der Waals surface area contributed by atoms with E-state index < -0.39 is 0 Å². The molecule has 0 aliphatic carbocycles. The zero-order valence-corrected chi connectivity index (χ0v) is 9.11. The predicted molar refractivity (Wildman–Crippen MR) is 62.1 cm³/mol. The fourth-order valence-corrected chi connectivity index (χ4v) is 1.63. The highest BCUT2D eigenvalue weighted by atomic mass is 15.0. The molecule has 0 saturated carbocycles. The largest absolute Gasteiger partial charge is 0.316 e. The minimum Gasteiger partial charge on any atom is -0.316 e. The maximum Gasteiger partial charge on any atom is 0.136 e. The van der Waals surface area contributed by atoms with Gasteiger partial charge in [-0.3, -0.25) is 0 Å². The average molecular weight is 203 g/mol. The molecule has 0 fully saturated rings. The number of rotatable bonds is 5. The average Bonchev–Trinajstić information content (AvgIpc) is 2.67. The van der Waals surface area contributed by atoms with E-state index in [0.29, 0.717) is 0 Å². The van der Waals surface area contributed by atoms with Gasteiger partial charge in [-0.05, 0) is 25.1 Å². The van der Waals surface area contributed by atoms with Gasteiger partial charge in [-0.1, -0.05) is 13.0 Å². The van der Waals surface area contributed by atoms with Crippen molar-refractivity contribution in [1.82, 2.24) is 14.7 Å².